The number of aryl methyl sites for hydroxylation is 2. The van der Waals surface area contributed by atoms with Gasteiger partial charge in [-0.2, -0.15) is 0 Å². The van der Waals surface area contributed by atoms with Crippen molar-refractivity contribution in [2.24, 2.45) is 0 Å². The van der Waals surface area contributed by atoms with Crippen molar-refractivity contribution in [2.45, 2.75) is 26.3 Å². The van der Waals surface area contributed by atoms with Crippen LogP contribution in [0.4, 0.5) is 0 Å². The number of halogens is 2. The molecule has 0 aliphatic carbocycles. The van der Waals surface area contributed by atoms with Crippen LogP contribution in [0, 0.1) is 6.92 Å². The van der Waals surface area contributed by atoms with E-state index in [9.17, 15) is 4.79 Å². The van der Waals surface area contributed by atoms with E-state index < -0.39 is 0 Å². The number of pyridine rings is 1. The first-order chi connectivity index (χ1) is 14.0. The smallest absolute Gasteiger partial charge is 0.269 e. The lowest BCUT2D eigenvalue weighted by molar-refractivity contribution is 0.414. The summed E-state index contributed by atoms with van der Waals surface area (Å²) in [7, 11) is 1.63. The molecule has 2 aromatic carbocycles. The van der Waals surface area contributed by atoms with Gasteiger partial charge in [0.1, 0.15) is 10.8 Å². The highest BCUT2D eigenvalue weighted by Crippen LogP contribution is 2.22. The Bertz CT molecular complexity index is 1090. The fraction of sp³-hybridized carbons (Fsp3) is 0.208. The van der Waals surface area contributed by atoms with Gasteiger partial charge in [-0.1, -0.05) is 71.2 Å². The zero-order valence-electron chi connectivity index (χ0n) is 16.5. The van der Waals surface area contributed by atoms with E-state index in [0.29, 0.717) is 17.3 Å². The van der Waals surface area contributed by atoms with Crippen LogP contribution in [0.15, 0.2) is 59.4 Å². The van der Waals surface area contributed by atoms with Crippen molar-refractivity contribution in [2.75, 3.05) is 7.11 Å². The molecular formula is C24H23Cl2NO2. The van der Waals surface area contributed by atoms with Crippen LogP contribution in [-0.4, -0.2) is 11.7 Å². The van der Waals surface area contributed by atoms with Gasteiger partial charge in [0.25, 0.3) is 5.56 Å². The van der Waals surface area contributed by atoms with Gasteiger partial charge in [0.15, 0.2) is 0 Å². The van der Waals surface area contributed by atoms with Gasteiger partial charge in [-0.15, -0.1) is 0 Å². The Morgan fingerprint density at radius 3 is 2.55 bits per heavy atom. The molecule has 3 nitrogen and oxygen atoms in total. The first-order valence-electron chi connectivity index (χ1n) is 9.44. The van der Waals surface area contributed by atoms with Crippen LogP contribution in [0.1, 0.15) is 28.8 Å². The Morgan fingerprint density at radius 1 is 1.00 bits per heavy atom. The Hall–Kier alpha value is -2.49. The van der Waals surface area contributed by atoms with Crippen molar-refractivity contribution in [3.63, 3.8) is 0 Å². The van der Waals surface area contributed by atoms with Crippen LogP contribution in [-0.2, 0) is 13.0 Å². The summed E-state index contributed by atoms with van der Waals surface area (Å²) in [6.45, 7) is 2.61. The van der Waals surface area contributed by atoms with Gasteiger partial charge in [-0.3, -0.25) is 4.79 Å². The van der Waals surface area contributed by atoms with Gasteiger partial charge in [-0.25, -0.2) is 0 Å². The van der Waals surface area contributed by atoms with Crippen molar-refractivity contribution in [3.8, 4) is 5.75 Å². The van der Waals surface area contributed by atoms with Gasteiger partial charge in [0.05, 0.1) is 17.8 Å². The molecule has 0 bridgehead atoms. The van der Waals surface area contributed by atoms with Crippen LogP contribution in [0.3, 0.4) is 0 Å². The van der Waals surface area contributed by atoms with E-state index in [0.717, 1.165) is 24.2 Å². The molecule has 150 valence electrons. The summed E-state index contributed by atoms with van der Waals surface area (Å²) in [5.74, 6) is 0.768. The molecule has 0 saturated heterocycles. The highest BCUT2D eigenvalue weighted by Gasteiger charge is 2.11. The molecule has 0 N–H and O–H groups in total. The van der Waals surface area contributed by atoms with Gasteiger partial charge in [-0.05, 0) is 55.2 Å². The summed E-state index contributed by atoms with van der Waals surface area (Å²) in [5.41, 5.74) is 3.85. The molecule has 0 amide bonds. The van der Waals surface area contributed by atoms with Crippen molar-refractivity contribution < 1.29 is 4.74 Å². The summed E-state index contributed by atoms with van der Waals surface area (Å²) >= 11 is 12.5. The van der Waals surface area contributed by atoms with E-state index in [1.54, 1.807) is 11.7 Å². The third kappa shape index (κ3) is 5.53. The summed E-state index contributed by atoms with van der Waals surface area (Å²) in [6, 6.07) is 17.6. The van der Waals surface area contributed by atoms with Crippen LogP contribution >= 0.6 is 23.2 Å². The molecule has 0 saturated carbocycles. The fourth-order valence-corrected chi connectivity index (χ4v) is 3.78. The Morgan fingerprint density at radius 2 is 1.79 bits per heavy atom. The topological polar surface area (TPSA) is 31.2 Å². The van der Waals surface area contributed by atoms with Crippen LogP contribution in [0.2, 0.25) is 10.0 Å². The summed E-state index contributed by atoms with van der Waals surface area (Å²) in [4.78, 5) is 12.7. The molecule has 0 radical (unpaired) electrons. The molecule has 0 aliphatic heterocycles. The monoisotopic (exact) mass is 427 g/mol. The van der Waals surface area contributed by atoms with Crippen molar-refractivity contribution >= 4 is 35.4 Å². The third-order valence-electron chi connectivity index (χ3n) is 4.70. The minimum atomic E-state index is -0.231. The maximum absolute atomic E-state index is 12.7. The molecule has 29 heavy (non-hydrogen) atoms. The Labute approximate surface area is 181 Å². The minimum absolute atomic E-state index is 0.129. The van der Waals surface area contributed by atoms with Gasteiger partial charge >= 0.3 is 0 Å². The van der Waals surface area contributed by atoms with Crippen LogP contribution in [0.25, 0.3) is 12.2 Å². The van der Waals surface area contributed by atoms with Crippen LogP contribution in [0.5, 0.6) is 5.75 Å². The number of aromatic nitrogens is 1. The van der Waals surface area contributed by atoms with Crippen molar-refractivity contribution in [1.29, 1.82) is 0 Å². The van der Waals surface area contributed by atoms with E-state index in [4.69, 9.17) is 27.9 Å². The van der Waals surface area contributed by atoms with Crippen molar-refractivity contribution in [1.82, 2.24) is 4.57 Å². The Kier molecular flexibility index (Phi) is 7.18. The van der Waals surface area contributed by atoms with Gasteiger partial charge in [0.2, 0.25) is 0 Å². The second-order valence-corrected chi connectivity index (χ2v) is 7.70. The average Bonchev–Trinajstić information content (AvgIpc) is 2.71. The predicted octanol–water partition coefficient (Wildman–Crippen LogP) is 6.28. The summed E-state index contributed by atoms with van der Waals surface area (Å²) in [6.07, 6.45) is 5.44. The third-order valence-corrected chi connectivity index (χ3v) is 5.27. The second kappa shape index (κ2) is 9.82. The van der Waals surface area contributed by atoms with E-state index in [1.807, 2.05) is 36.4 Å². The molecule has 0 aliphatic rings. The zero-order valence-corrected chi connectivity index (χ0v) is 18.0. The molecule has 3 aromatic rings. The molecule has 0 fully saturated rings. The first-order valence-corrected chi connectivity index (χ1v) is 10.2. The van der Waals surface area contributed by atoms with E-state index in [-0.39, 0.29) is 10.6 Å². The molecule has 0 atom stereocenters. The predicted molar refractivity (Wildman–Crippen MR) is 122 cm³/mol. The lowest BCUT2D eigenvalue weighted by Crippen LogP contribution is -2.23. The highest BCUT2D eigenvalue weighted by atomic mass is 35.5. The minimum Gasteiger partial charge on any atom is -0.497 e. The average molecular weight is 428 g/mol. The highest BCUT2D eigenvalue weighted by molar-refractivity contribution is 6.35. The molecule has 0 unspecified atom stereocenters. The maximum Gasteiger partial charge on any atom is 0.269 e. The lowest BCUT2D eigenvalue weighted by Gasteiger charge is -2.13. The first kappa shape index (κ1) is 21.2. The molecule has 1 heterocycles. The molecular weight excluding hydrogens is 405 g/mol. The normalized spacial score (nSPS) is 11.2. The van der Waals surface area contributed by atoms with E-state index in [1.165, 1.54) is 17.2 Å². The quantitative estimate of drug-likeness (QED) is 0.444. The number of benzene rings is 2. The number of methoxy groups -OCH3 is 1. The fourth-order valence-electron chi connectivity index (χ4n) is 3.24. The zero-order chi connectivity index (χ0) is 20.8. The molecule has 1 aromatic heterocycles. The molecule has 3 rings (SSSR count). The number of rotatable bonds is 7. The lowest BCUT2D eigenvalue weighted by atomic mass is 10.1. The standard InChI is InChI=1S/C24H23Cl2NO2/c1-17-6-3-7-18(14-17)9-5-13-27-23(21(25)16-22(26)24(27)28)12-11-19-8-4-10-20(15-19)29-2/h3-4,6-8,10-12,14-16H,5,9,13H2,1-2H3/b12-11+. The second-order valence-electron chi connectivity index (χ2n) is 6.88. The number of nitrogens with zero attached hydrogens (tertiary/aromatic N) is 1. The maximum atomic E-state index is 12.7. The largest absolute Gasteiger partial charge is 0.497 e. The van der Waals surface area contributed by atoms with Crippen LogP contribution < -0.4 is 10.3 Å². The van der Waals surface area contributed by atoms with Gasteiger partial charge in [0, 0.05) is 6.54 Å². The van der Waals surface area contributed by atoms with Gasteiger partial charge < -0.3 is 9.30 Å². The number of hydrogen-bond acceptors (Lipinski definition) is 2. The number of hydrogen-bond donors (Lipinski definition) is 0. The SMILES string of the molecule is COc1cccc(/C=C/c2c(Cl)cc(Cl)c(=O)n2CCCc2cccc(C)c2)c1. The summed E-state index contributed by atoms with van der Waals surface area (Å²) in [5, 5.41) is 0.577. The van der Waals surface area contributed by atoms with E-state index >= 15 is 0 Å². The summed E-state index contributed by atoms with van der Waals surface area (Å²) < 4.78 is 6.91. The number of ether oxygens (including phenoxy) is 1. The molecule has 0 spiro atoms. The van der Waals surface area contributed by atoms with Crippen molar-refractivity contribution in [3.05, 3.63) is 97.4 Å². The van der Waals surface area contributed by atoms with E-state index in [2.05, 4.69) is 31.2 Å². The molecule has 5 heteroatoms. The Balaban J connectivity index is 1.85.